The highest BCUT2D eigenvalue weighted by molar-refractivity contribution is 6.44. The molecule has 14 heteroatoms. The van der Waals surface area contributed by atoms with E-state index in [1.807, 2.05) is 6.92 Å². The summed E-state index contributed by atoms with van der Waals surface area (Å²) in [6.45, 7) is 11.7. The van der Waals surface area contributed by atoms with Crippen LogP contribution in [0.3, 0.4) is 0 Å². The van der Waals surface area contributed by atoms with Crippen molar-refractivity contribution in [2.45, 2.75) is 54.1 Å². The maximum absolute atomic E-state index is 12.6. The summed E-state index contributed by atoms with van der Waals surface area (Å²) in [5.41, 5.74) is 6.27. The van der Waals surface area contributed by atoms with Crippen molar-refractivity contribution < 1.29 is 38.1 Å². The zero-order chi connectivity index (χ0) is 37.1. The van der Waals surface area contributed by atoms with Gasteiger partial charge in [-0.25, -0.2) is 9.59 Å². The second kappa shape index (κ2) is 18.8. The summed E-state index contributed by atoms with van der Waals surface area (Å²) in [5, 5.41) is 4.53. The van der Waals surface area contributed by atoms with Crippen molar-refractivity contribution >= 4 is 71.3 Å². The monoisotopic (exact) mass is 764 g/mol. The van der Waals surface area contributed by atoms with Crippen LogP contribution in [-0.4, -0.2) is 49.7 Å². The Bertz CT molecular complexity index is 1840. The third-order valence-electron chi connectivity index (χ3n) is 7.67. The van der Waals surface area contributed by atoms with Gasteiger partial charge in [0.25, 0.3) is 12.9 Å². The lowest BCUT2D eigenvalue weighted by Crippen LogP contribution is -2.30. The number of pyridine rings is 1. The van der Waals surface area contributed by atoms with E-state index >= 15 is 0 Å². The van der Waals surface area contributed by atoms with Crippen molar-refractivity contribution in [3.05, 3.63) is 107 Å². The largest absolute Gasteiger partial charge is 0.463 e. The van der Waals surface area contributed by atoms with Crippen LogP contribution in [0.1, 0.15) is 66.5 Å². The number of carbonyl (C=O) groups excluding carboxylic acids is 4. The number of hydrogen-bond donors (Lipinski definition) is 1. The zero-order valence-corrected chi connectivity index (χ0v) is 31.3. The van der Waals surface area contributed by atoms with E-state index in [0.29, 0.717) is 83.5 Å². The molecule has 1 atom stereocenters. The van der Waals surface area contributed by atoms with Gasteiger partial charge in [-0.15, -0.1) is 0 Å². The first-order valence-electron chi connectivity index (χ1n) is 15.3. The number of carbonyl (C=O) groups is 4. The third-order valence-corrected chi connectivity index (χ3v) is 9.33. The molecular weight excluding hydrogens is 730 g/mol. The van der Waals surface area contributed by atoms with Gasteiger partial charge < -0.3 is 24.3 Å². The van der Waals surface area contributed by atoms with E-state index in [-0.39, 0.29) is 32.0 Å². The number of hydrogen-bond acceptors (Lipinski definition) is 10. The van der Waals surface area contributed by atoms with Crippen molar-refractivity contribution in [3.63, 3.8) is 0 Å². The van der Waals surface area contributed by atoms with E-state index in [2.05, 4.69) is 10.3 Å². The second-order valence-corrected chi connectivity index (χ2v) is 12.3. The molecule has 0 radical (unpaired) electrons. The number of nitrogens with zero attached hydrogens (tertiary/aromatic N) is 1. The van der Waals surface area contributed by atoms with Gasteiger partial charge in [-0.3, -0.25) is 14.6 Å². The molecule has 4 rings (SSSR count). The van der Waals surface area contributed by atoms with Crippen LogP contribution in [-0.2, 0) is 39.9 Å². The summed E-state index contributed by atoms with van der Waals surface area (Å²) >= 11 is 25.1. The Morgan fingerprint density at radius 1 is 0.780 bits per heavy atom. The summed E-state index contributed by atoms with van der Waals surface area (Å²) in [5.74, 6) is -1.50. The molecule has 50 heavy (non-hydrogen) atoms. The Morgan fingerprint density at radius 2 is 1.36 bits per heavy atom. The molecule has 1 aliphatic heterocycles. The average molecular weight is 767 g/mol. The Morgan fingerprint density at radius 3 is 1.98 bits per heavy atom. The van der Waals surface area contributed by atoms with Gasteiger partial charge in [0.05, 0.1) is 50.1 Å². The molecular formula is C36H36Cl4N2O8. The van der Waals surface area contributed by atoms with Gasteiger partial charge in [-0.05, 0) is 64.8 Å². The molecule has 2 aromatic carbocycles. The summed E-state index contributed by atoms with van der Waals surface area (Å²) < 4.78 is 20.3. The van der Waals surface area contributed by atoms with E-state index < -0.39 is 17.9 Å². The molecule has 2 heterocycles. The van der Waals surface area contributed by atoms with Crippen LogP contribution in [0.15, 0.2) is 58.9 Å². The van der Waals surface area contributed by atoms with Gasteiger partial charge in [-0.1, -0.05) is 70.7 Å². The number of ether oxygens (including phenoxy) is 4. The first kappa shape index (κ1) is 40.3. The highest BCUT2D eigenvalue weighted by Gasteiger charge is 2.35. The SMILES string of the molecule is CCOC(=O)C1=C(C)NC(C)=C(COC=O)C1c1cccc(Cl)c1Cl.CCOC(=O)c1c(C)nc(C)c(COC=O)c1-c1cccc(Cl)c1Cl. The molecule has 0 amide bonds. The van der Waals surface area contributed by atoms with Crippen LogP contribution < -0.4 is 5.32 Å². The maximum atomic E-state index is 12.6. The minimum atomic E-state index is -0.522. The van der Waals surface area contributed by atoms with Crippen molar-refractivity contribution in [2.24, 2.45) is 0 Å². The van der Waals surface area contributed by atoms with Gasteiger partial charge in [0.15, 0.2) is 0 Å². The van der Waals surface area contributed by atoms with Crippen molar-refractivity contribution in [1.82, 2.24) is 10.3 Å². The fourth-order valence-corrected chi connectivity index (χ4v) is 6.36. The second-order valence-electron chi connectivity index (χ2n) is 10.8. The van der Waals surface area contributed by atoms with Crippen LogP contribution in [0.5, 0.6) is 0 Å². The standard InChI is InChI=1S/C18H19Cl2NO4.C18H17Cl2NO4/c2*1-4-25-18(23)15-11(3)21-10(2)13(8-24-9-22)16(15)12-6-5-7-14(19)17(12)20/h5-7,9,16,21H,4,8H2,1-3H3;5-7,9H,4,8H2,1-3H3. The number of esters is 2. The smallest absolute Gasteiger partial charge is 0.340 e. The predicted octanol–water partition coefficient (Wildman–Crippen LogP) is 8.49. The lowest BCUT2D eigenvalue weighted by atomic mass is 9.80. The van der Waals surface area contributed by atoms with Crippen LogP contribution in [0, 0.1) is 13.8 Å². The molecule has 1 N–H and O–H groups in total. The number of aromatic nitrogens is 1. The van der Waals surface area contributed by atoms with Crippen LogP contribution in [0.4, 0.5) is 0 Å². The minimum Gasteiger partial charge on any atom is -0.463 e. The van der Waals surface area contributed by atoms with Gasteiger partial charge in [-0.2, -0.15) is 0 Å². The summed E-state index contributed by atoms with van der Waals surface area (Å²) in [6.07, 6.45) is 0. The number of benzene rings is 2. The predicted molar refractivity (Wildman–Crippen MR) is 192 cm³/mol. The lowest BCUT2D eigenvalue weighted by molar-refractivity contribution is -0.139. The Balaban J connectivity index is 0.000000270. The first-order valence-corrected chi connectivity index (χ1v) is 16.9. The molecule has 0 saturated heterocycles. The van der Waals surface area contributed by atoms with Gasteiger partial charge >= 0.3 is 11.9 Å². The fraction of sp³-hybridized carbons (Fsp3) is 0.306. The molecule has 0 bridgehead atoms. The Kier molecular flexibility index (Phi) is 15.1. The quantitative estimate of drug-likeness (QED) is 0.109. The van der Waals surface area contributed by atoms with E-state index in [4.69, 9.17) is 65.4 Å². The number of nitrogens with one attached hydrogen (secondary N) is 1. The molecule has 0 spiro atoms. The molecule has 266 valence electrons. The Labute approximate surface area is 310 Å². The van der Waals surface area contributed by atoms with E-state index in [1.165, 1.54) is 0 Å². The van der Waals surface area contributed by atoms with E-state index in [0.717, 1.165) is 5.70 Å². The molecule has 1 aliphatic rings. The van der Waals surface area contributed by atoms with E-state index in [9.17, 15) is 19.2 Å². The number of dihydropyridines is 1. The van der Waals surface area contributed by atoms with Gasteiger partial charge in [0.1, 0.15) is 13.2 Å². The molecule has 10 nitrogen and oxygen atoms in total. The number of allylic oxidation sites excluding steroid dienone is 2. The summed E-state index contributed by atoms with van der Waals surface area (Å²) in [7, 11) is 0. The fourth-order valence-electron chi connectivity index (χ4n) is 5.55. The molecule has 1 unspecified atom stereocenters. The van der Waals surface area contributed by atoms with Gasteiger partial charge in [0.2, 0.25) is 0 Å². The highest BCUT2D eigenvalue weighted by atomic mass is 35.5. The number of halogens is 4. The minimum absolute atomic E-state index is 0.0199. The van der Waals surface area contributed by atoms with Crippen molar-refractivity contribution in [2.75, 3.05) is 19.8 Å². The molecule has 1 aromatic heterocycles. The number of rotatable bonds is 12. The van der Waals surface area contributed by atoms with Gasteiger partial charge in [0, 0.05) is 39.7 Å². The van der Waals surface area contributed by atoms with Crippen molar-refractivity contribution in [1.29, 1.82) is 0 Å². The van der Waals surface area contributed by atoms with Crippen LogP contribution >= 0.6 is 46.4 Å². The number of aryl methyl sites for hydroxylation is 2. The van der Waals surface area contributed by atoms with Crippen LogP contribution in [0.2, 0.25) is 20.1 Å². The lowest BCUT2D eigenvalue weighted by Gasteiger charge is -2.31. The third kappa shape index (κ3) is 9.17. The van der Waals surface area contributed by atoms with Crippen molar-refractivity contribution in [3.8, 4) is 11.1 Å². The summed E-state index contributed by atoms with van der Waals surface area (Å²) in [6, 6.07) is 10.4. The topological polar surface area (TPSA) is 130 Å². The first-order chi connectivity index (χ1) is 23.8. The zero-order valence-electron chi connectivity index (χ0n) is 28.2. The molecule has 0 saturated carbocycles. The normalized spacial score (nSPS) is 13.8. The van der Waals surface area contributed by atoms with E-state index in [1.54, 1.807) is 71.0 Å². The maximum Gasteiger partial charge on any atom is 0.340 e. The molecule has 3 aromatic rings. The summed E-state index contributed by atoms with van der Waals surface area (Å²) in [4.78, 5) is 50.9. The van der Waals surface area contributed by atoms with Crippen LogP contribution in [0.25, 0.3) is 11.1 Å². The molecule has 0 fully saturated rings. The highest BCUT2D eigenvalue weighted by Crippen LogP contribution is 2.43. The average Bonchev–Trinajstić information content (AvgIpc) is 3.06. The Hall–Kier alpha value is -4.09. The molecule has 0 aliphatic carbocycles.